The van der Waals surface area contributed by atoms with Crippen LogP contribution in [0.3, 0.4) is 0 Å². The first-order valence-corrected chi connectivity index (χ1v) is 15.0. The summed E-state index contributed by atoms with van der Waals surface area (Å²) in [4.78, 5) is 24.6. The Bertz CT molecular complexity index is 1810. The topological polar surface area (TPSA) is 107 Å². The van der Waals surface area contributed by atoms with Crippen molar-refractivity contribution in [1.29, 1.82) is 0 Å². The maximum atomic E-state index is 12.3. The third kappa shape index (κ3) is 9.00. The molecule has 0 saturated carbocycles. The lowest BCUT2D eigenvalue weighted by atomic mass is 10.1. The molecule has 0 aliphatic carbocycles. The Morgan fingerprint density at radius 3 is 1.37 bits per heavy atom. The highest BCUT2D eigenvalue weighted by Crippen LogP contribution is 2.23. The van der Waals surface area contributed by atoms with Crippen LogP contribution in [0.5, 0.6) is 0 Å². The molecule has 230 valence electrons. The lowest BCUT2D eigenvalue weighted by molar-refractivity contribution is -0.120. The molecule has 0 spiro atoms. The lowest BCUT2D eigenvalue weighted by Gasteiger charge is -2.08. The van der Waals surface area contributed by atoms with Gasteiger partial charge >= 0.3 is 0 Å². The fraction of sp³-hybridized carbons (Fsp3) is 0.105. The number of benzene rings is 5. The van der Waals surface area contributed by atoms with Crippen LogP contribution in [0, 0.1) is 0 Å². The average Bonchev–Trinajstić information content (AvgIpc) is 3.07. The monoisotopic (exact) mass is 608 g/mol. The zero-order chi connectivity index (χ0) is 32.1. The molecule has 0 bridgehead atoms. The highest BCUT2D eigenvalue weighted by atomic mass is 16.2. The Morgan fingerprint density at radius 2 is 0.935 bits per heavy atom. The maximum Gasteiger partial charge on any atom is 0.259 e. The first kappa shape index (κ1) is 31.4. The number of carbonyl (C=O) groups is 2. The highest BCUT2D eigenvalue weighted by molar-refractivity contribution is 5.96. The molecule has 4 N–H and O–H groups in total. The van der Waals surface area contributed by atoms with Crippen molar-refractivity contribution < 1.29 is 9.59 Å². The Balaban J connectivity index is 1.05. The molecule has 0 aliphatic heterocycles. The molecule has 2 amide bonds. The van der Waals surface area contributed by atoms with Gasteiger partial charge in [0, 0.05) is 22.1 Å². The molecule has 5 aromatic rings. The van der Waals surface area contributed by atoms with Crippen LogP contribution in [0.1, 0.15) is 25.0 Å². The molecule has 8 heteroatoms. The minimum absolute atomic E-state index is 0.114. The summed E-state index contributed by atoms with van der Waals surface area (Å²) in [5, 5.41) is 18.9. The second-order valence-corrected chi connectivity index (χ2v) is 10.8. The molecule has 46 heavy (non-hydrogen) atoms. The van der Waals surface area contributed by atoms with Gasteiger partial charge in [0.1, 0.15) is 0 Å². The van der Waals surface area contributed by atoms with Gasteiger partial charge in [0.2, 0.25) is 0 Å². The van der Waals surface area contributed by atoms with E-state index >= 15 is 0 Å². The van der Waals surface area contributed by atoms with Crippen LogP contribution < -0.4 is 21.5 Å². The number of amides is 2. The third-order valence-electron chi connectivity index (χ3n) is 7.10. The Labute approximate surface area is 268 Å². The lowest BCUT2D eigenvalue weighted by Crippen LogP contribution is -2.25. The molecule has 8 nitrogen and oxygen atoms in total. The number of rotatable bonds is 12. The van der Waals surface area contributed by atoms with Gasteiger partial charge in [0.05, 0.1) is 25.5 Å². The van der Waals surface area contributed by atoms with E-state index in [0.29, 0.717) is 0 Å². The second kappa shape index (κ2) is 15.6. The number of nitrogens with zero attached hydrogens (tertiary/aromatic N) is 2. The maximum absolute atomic E-state index is 12.3. The number of allylic oxidation sites excluding steroid dienone is 2. The minimum atomic E-state index is -0.232. The number of carbonyl (C=O) groups excluding carboxylic acids is 2. The predicted molar refractivity (Wildman–Crippen MR) is 192 cm³/mol. The van der Waals surface area contributed by atoms with Crippen molar-refractivity contribution in [2.24, 2.45) is 10.2 Å². The van der Waals surface area contributed by atoms with Crippen LogP contribution in [-0.4, -0.2) is 37.3 Å². The number of anilines is 2. The van der Waals surface area contributed by atoms with Gasteiger partial charge in [-0.1, -0.05) is 109 Å². The number of nitrogens with one attached hydrogen (secondary N) is 4. The first-order chi connectivity index (χ1) is 22.4. The normalized spacial score (nSPS) is 12.1. The van der Waals surface area contributed by atoms with E-state index < -0.39 is 0 Å². The van der Waals surface area contributed by atoms with Crippen molar-refractivity contribution >= 4 is 69.3 Å². The molecular weight excluding hydrogens is 572 g/mol. The molecule has 0 aromatic heterocycles. The van der Waals surface area contributed by atoms with Gasteiger partial charge in [0.25, 0.3) is 11.8 Å². The summed E-state index contributed by atoms with van der Waals surface area (Å²) in [6, 6.07) is 36.0. The fourth-order valence-electron chi connectivity index (χ4n) is 4.89. The van der Waals surface area contributed by atoms with E-state index in [4.69, 9.17) is 0 Å². The summed E-state index contributed by atoms with van der Waals surface area (Å²) in [6.45, 7) is 4.07. The summed E-state index contributed by atoms with van der Waals surface area (Å²) in [5.41, 5.74) is 10.7. The van der Waals surface area contributed by atoms with E-state index in [9.17, 15) is 9.59 Å². The first-order valence-electron chi connectivity index (χ1n) is 15.0. The van der Waals surface area contributed by atoms with Crippen LogP contribution in [0.4, 0.5) is 11.4 Å². The second-order valence-electron chi connectivity index (χ2n) is 10.8. The Hall–Kier alpha value is -6.02. The quantitative estimate of drug-likeness (QED) is 0.0886. The zero-order valence-electron chi connectivity index (χ0n) is 25.8. The van der Waals surface area contributed by atoms with Gasteiger partial charge in [-0.2, -0.15) is 10.2 Å². The molecule has 0 atom stereocenters. The van der Waals surface area contributed by atoms with Crippen LogP contribution in [0.2, 0.25) is 0 Å². The molecule has 0 aliphatic rings. The summed E-state index contributed by atoms with van der Waals surface area (Å²) < 4.78 is 0. The van der Waals surface area contributed by atoms with E-state index in [0.717, 1.165) is 55.2 Å². The van der Waals surface area contributed by atoms with Gasteiger partial charge in [-0.05, 0) is 59.0 Å². The smallest absolute Gasteiger partial charge is 0.259 e. The number of hydrogen-bond acceptors (Lipinski definition) is 6. The van der Waals surface area contributed by atoms with Crippen LogP contribution in [-0.2, 0) is 9.59 Å². The van der Waals surface area contributed by atoms with Crippen molar-refractivity contribution in [3.63, 3.8) is 0 Å². The number of hydrogen-bond donors (Lipinski definition) is 4. The van der Waals surface area contributed by atoms with E-state index in [1.165, 1.54) is 0 Å². The van der Waals surface area contributed by atoms with E-state index in [1.54, 1.807) is 12.4 Å². The third-order valence-corrected chi connectivity index (χ3v) is 7.10. The van der Waals surface area contributed by atoms with Gasteiger partial charge in [-0.25, -0.2) is 10.9 Å². The van der Waals surface area contributed by atoms with Crippen molar-refractivity contribution in [3.8, 4) is 0 Å². The van der Waals surface area contributed by atoms with E-state index in [-0.39, 0.29) is 24.9 Å². The molecule has 0 radical (unpaired) electrons. The predicted octanol–water partition coefficient (Wildman–Crippen LogP) is 7.23. The molecule has 5 aromatic carbocycles. The SMILES string of the molecule is CC(/C=N/NC(=O)CNc1cccc2ccccc12)=C\c1ccc(/C=C(C)/C=N/NC(=O)CNc2cccc3ccccc23)cc1. The largest absolute Gasteiger partial charge is 0.376 e. The highest BCUT2D eigenvalue weighted by Gasteiger charge is 2.04. The van der Waals surface area contributed by atoms with E-state index in [2.05, 4.69) is 31.7 Å². The Kier molecular flexibility index (Phi) is 10.7. The molecule has 0 heterocycles. The molecule has 0 unspecified atom stereocenters. The van der Waals surface area contributed by atoms with Crippen molar-refractivity contribution in [3.05, 3.63) is 131 Å². The van der Waals surface area contributed by atoms with Crippen molar-refractivity contribution in [1.82, 2.24) is 10.9 Å². The zero-order valence-corrected chi connectivity index (χ0v) is 25.8. The summed E-state index contributed by atoms with van der Waals surface area (Å²) in [7, 11) is 0. The molecular formula is C38H36N6O2. The number of hydrazone groups is 2. The minimum Gasteiger partial charge on any atom is -0.376 e. The summed E-state index contributed by atoms with van der Waals surface area (Å²) in [5.74, 6) is -0.464. The molecule has 0 saturated heterocycles. The van der Waals surface area contributed by atoms with Gasteiger partial charge in [-0.15, -0.1) is 0 Å². The fourth-order valence-corrected chi connectivity index (χ4v) is 4.89. The van der Waals surface area contributed by atoms with Crippen molar-refractivity contribution in [2.75, 3.05) is 23.7 Å². The van der Waals surface area contributed by atoms with Gasteiger partial charge < -0.3 is 10.6 Å². The summed E-state index contributed by atoms with van der Waals surface area (Å²) >= 11 is 0. The standard InChI is InChI=1S/C38H36N6O2/c1-27(23-41-43-37(45)25-39-35-15-7-11-31-9-3-5-13-33(31)35)21-29-17-19-30(20-18-29)22-28(2)24-42-44-38(46)26-40-36-16-8-12-32-10-4-6-14-34(32)36/h3-24,39-40H,25-26H2,1-2H3,(H,43,45)(H,44,46)/b27-21+,28-22+,41-23+,42-24+. The molecule has 0 fully saturated rings. The van der Waals surface area contributed by atoms with Crippen LogP contribution in [0.15, 0.2) is 131 Å². The van der Waals surface area contributed by atoms with E-state index in [1.807, 2.05) is 135 Å². The van der Waals surface area contributed by atoms with Crippen molar-refractivity contribution in [2.45, 2.75) is 13.8 Å². The van der Waals surface area contributed by atoms with Gasteiger partial charge in [0.15, 0.2) is 0 Å². The average molecular weight is 609 g/mol. The molecule has 5 rings (SSSR count). The van der Waals surface area contributed by atoms with Crippen LogP contribution >= 0.6 is 0 Å². The summed E-state index contributed by atoms with van der Waals surface area (Å²) in [6.07, 6.45) is 7.20. The Morgan fingerprint density at radius 1 is 0.543 bits per heavy atom. The number of fused-ring (bicyclic) bond motifs is 2. The van der Waals surface area contributed by atoms with Gasteiger partial charge in [-0.3, -0.25) is 9.59 Å². The van der Waals surface area contributed by atoms with Crippen LogP contribution in [0.25, 0.3) is 33.7 Å².